The second-order valence-electron chi connectivity index (χ2n) is 5.27. The van der Waals surface area contributed by atoms with Crippen molar-refractivity contribution in [2.45, 2.75) is 84.0 Å². The fourth-order valence-corrected chi connectivity index (χ4v) is 2.27. The summed E-state index contributed by atoms with van der Waals surface area (Å²) in [5, 5.41) is 0. The van der Waals surface area contributed by atoms with Crippen LogP contribution in [0.4, 0.5) is 0 Å². The predicted octanol–water partition coefficient (Wildman–Crippen LogP) is 7.04. The van der Waals surface area contributed by atoms with Crippen molar-refractivity contribution >= 4 is 11.6 Å². The van der Waals surface area contributed by atoms with Crippen LogP contribution in [0.25, 0.3) is 0 Å². The highest BCUT2D eigenvalue weighted by Crippen LogP contribution is 2.08. The minimum atomic E-state index is 0.828. The Labute approximate surface area is 126 Å². The van der Waals surface area contributed by atoms with E-state index in [1.807, 2.05) is 0 Å². The Bertz CT molecular complexity index is 206. The van der Waals surface area contributed by atoms with Crippen LogP contribution in [0.5, 0.6) is 0 Å². The molecule has 19 heavy (non-hydrogen) atoms. The quantitative estimate of drug-likeness (QED) is 0.182. The maximum absolute atomic E-state index is 5.65. The molecule has 1 heteroatoms. The van der Waals surface area contributed by atoms with Gasteiger partial charge in [-0.1, -0.05) is 69.8 Å². The van der Waals surface area contributed by atoms with E-state index in [-0.39, 0.29) is 0 Å². The van der Waals surface area contributed by atoms with E-state index in [0.717, 1.165) is 12.3 Å². The lowest BCUT2D eigenvalue weighted by Crippen LogP contribution is -1.80. The molecule has 0 aliphatic heterocycles. The van der Waals surface area contributed by atoms with Crippen molar-refractivity contribution in [3.63, 3.8) is 0 Å². The number of unbranched alkanes of at least 4 members (excludes halogenated alkanes) is 9. The molecule has 0 aliphatic carbocycles. The van der Waals surface area contributed by atoms with Crippen molar-refractivity contribution in [2.75, 3.05) is 5.88 Å². The smallest absolute Gasteiger partial charge is 0.0223 e. The normalized spacial score (nSPS) is 11.9. The number of allylic oxidation sites excluding steroid dienone is 4. The van der Waals surface area contributed by atoms with Gasteiger partial charge in [0.15, 0.2) is 0 Å². The van der Waals surface area contributed by atoms with E-state index in [9.17, 15) is 0 Å². The van der Waals surface area contributed by atoms with E-state index in [4.69, 9.17) is 11.6 Å². The van der Waals surface area contributed by atoms with Gasteiger partial charge in [-0.15, -0.1) is 11.6 Å². The lowest BCUT2D eigenvalue weighted by Gasteiger charge is -1.98. The summed E-state index contributed by atoms with van der Waals surface area (Å²) in [5.74, 6) is 0.828. The second kappa shape index (κ2) is 17.8. The molecule has 112 valence electrons. The van der Waals surface area contributed by atoms with Gasteiger partial charge in [0, 0.05) is 5.88 Å². The van der Waals surface area contributed by atoms with Gasteiger partial charge in [0.1, 0.15) is 0 Å². The average Bonchev–Trinajstić information content (AvgIpc) is 2.43. The molecule has 0 rings (SSSR count). The van der Waals surface area contributed by atoms with E-state index in [1.54, 1.807) is 0 Å². The molecule has 0 saturated carbocycles. The number of halogens is 1. The van der Waals surface area contributed by atoms with Crippen molar-refractivity contribution < 1.29 is 0 Å². The summed E-state index contributed by atoms with van der Waals surface area (Å²) in [6, 6.07) is 0. The summed E-state index contributed by atoms with van der Waals surface area (Å²) in [4.78, 5) is 0. The van der Waals surface area contributed by atoms with Crippen LogP contribution in [0, 0.1) is 0 Å². The van der Waals surface area contributed by atoms with Gasteiger partial charge in [-0.25, -0.2) is 0 Å². The third kappa shape index (κ3) is 17.8. The van der Waals surface area contributed by atoms with Crippen LogP contribution < -0.4 is 0 Å². The first kappa shape index (κ1) is 18.8. The lowest BCUT2D eigenvalue weighted by molar-refractivity contribution is 0.612. The van der Waals surface area contributed by atoms with Gasteiger partial charge in [0.25, 0.3) is 0 Å². The molecule has 0 aromatic heterocycles. The zero-order valence-electron chi connectivity index (χ0n) is 12.9. The molecule has 0 saturated heterocycles. The summed E-state index contributed by atoms with van der Waals surface area (Å²) < 4.78 is 0. The molecule has 0 atom stereocenters. The molecule has 0 aromatic carbocycles. The van der Waals surface area contributed by atoms with Gasteiger partial charge in [-0.3, -0.25) is 0 Å². The molecule has 0 bridgehead atoms. The third-order valence-electron chi connectivity index (χ3n) is 3.33. The topological polar surface area (TPSA) is 0 Å². The third-order valence-corrected chi connectivity index (χ3v) is 3.60. The summed E-state index contributed by atoms with van der Waals surface area (Å²) in [6.07, 6.45) is 24.9. The summed E-state index contributed by atoms with van der Waals surface area (Å²) in [7, 11) is 0. The van der Waals surface area contributed by atoms with Gasteiger partial charge in [0.2, 0.25) is 0 Å². The Kier molecular flexibility index (Phi) is 17.6. The van der Waals surface area contributed by atoms with Crippen molar-refractivity contribution in [3.05, 3.63) is 24.3 Å². The summed E-state index contributed by atoms with van der Waals surface area (Å²) in [6.45, 7) is 2.25. The van der Waals surface area contributed by atoms with Crippen LogP contribution in [0.15, 0.2) is 24.3 Å². The first-order valence-corrected chi connectivity index (χ1v) is 8.81. The number of hydrogen-bond acceptors (Lipinski definition) is 0. The molecule has 0 aromatic rings. The van der Waals surface area contributed by atoms with Gasteiger partial charge in [-0.05, 0) is 38.5 Å². The van der Waals surface area contributed by atoms with Gasteiger partial charge < -0.3 is 0 Å². The molecule has 0 nitrogen and oxygen atoms in total. The van der Waals surface area contributed by atoms with Crippen molar-refractivity contribution in [1.29, 1.82) is 0 Å². The largest absolute Gasteiger partial charge is 0.127 e. The Morgan fingerprint density at radius 3 is 1.74 bits per heavy atom. The van der Waals surface area contributed by atoms with Crippen molar-refractivity contribution in [1.82, 2.24) is 0 Å². The molecule has 0 aliphatic rings. The Balaban J connectivity index is 3.12. The van der Waals surface area contributed by atoms with Crippen molar-refractivity contribution in [2.24, 2.45) is 0 Å². The molecule has 0 unspecified atom stereocenters. The molecule has 0 spiro atoms. The minimum Gasteiger partial charge on any atom is -0.127 e. The molecular formula is C18H33Cl. The van der Waals surface area contributed by atoms with Crippen LogP contribution in [0.2, 0.25) is 0 Å². The van der Waals surface area contributed by atoms with E-state index >= 15 is 0 Å². The van der Waals surface area contributed by atoms with Crippen LogP contribution in [-0.4, -0.2) is 5.88 Å². The molecule has 0 fully saturated rings. The molecule has 0 heterocycles. The maximum atomic E-state index is 5.65. The second-order valence-corrected chi connectivity index (χ2v) is 5.65. The fourth-order valence-electron chi connectivity index (χ4n) is 2.08. The van der Waals surface area contributed by atoms with Crippen molar-refractivity contribution in [3.8, 4) is 0 Å². The van der Waals surface area contributed by atoms with Gasteiger partial charge in [0.05, 0.1) is 0 Å². The Hall–Kier alpha value is -0.230. The predicted molar refractivity (Wildman–Crippen MR) is 90.1 cm³/mol. The zero-order chi connectivity index (χ0) is 14.0. The van der Waals surface area contributed by atoms with E-state index in [1.165, 1.54) is 70.6 Å². The highest BCUT2D eigenvalue weighted by Gasteiger charge is 1.89. The lowest BCUT2D eigenvalue weighted by atomic mass is 10.1. The SMILES string of the molecule is CCCCC/C=C\C/C=C\CCCCCCCCCl. The average molecular weight is 285 g/mol. The Morgan fingerprint density at radius 2 is 1.16 bits per heavy atom. The number of hydrogen-bond donors (Lipinski definition) is 0. The number of rotatable bonds is 14. The van der Waals surface area contributed by atoms with Crippen LogP contribution in [0.3, 0.4) is 0 Å². The molecule has 0 N–H and O–H groups in total. The molecule has 0 amide bonds. The first-order chi connectivity index (χ1) is 9.41. The van der Waals surface area contributed by atoms with Crippen LogP contribution in [0.1, 0.15) is 84.0 Å². The van der Waals surface area contributed by atoms with E-state index in [0.29, 0.717) is 0 Å². The van der Waals surface area contributed by atoms with Crippen LogP contribution >= 0.6 is 11.6 Å². The van der Waals surface area contributed by atoms with Gasteiger partial charge >= 0.3 is 0 Å². The summed E-state index contributed by atoms with van der Waals surface area (Å²) in [5.41, 5.74) is 0. The monoisotopic (exact) mass is 284 g/mol. The number of alkyl halides is 1. The molecule has 0 radical (unpaired) electrons. The van der Waals surface area contributed by atoms with Crippen LogP contribution in [-0.2, 0) is 0 Å². The highest BCUT2D eigenvalue weighted by molar-refractivity contribution is 6.17. The highest BCUT2D eigenvalue weighted by atomic mass is 35.5. The first-order valence-electron chi connectivity index (χ1n) is 8.27. The standard InChI is InChI=1S/C18H33Cl/c1-2-3-4-5-6-7-8-9-10-11-12-13-14-15-16-17-18-19/h6-7,9-10H,2-5,8,11-18H2,1H3/b7-6-,10-9-. The maximum Gasteiger partial charge on any atom is 0.0223 e. The summed E-state index contributed by atoms with van der Waals surface area (Å²) >= 11 is 5.65. The zero-order valence-corrected chi connectivity index (χ0v) is 13.6. The Morgan fingerprint density at radius 1 is 0.632 bits per heavy atom. The fraction of sp³-hybridized carbons (Fsp3) is 0.778. The van der Waals surface area contributed by atoms with Gasteiger partial charge in [-0.2, -0.15) is 0 Å². The van der Waals surface area contributed by atoms with E-state index < -0.39 is 0 Å². The molecular weight excluding hydrogens is 252 g/mol. The van der Waals surface area contributed by atoms with E-state index in [2.05, 4.69) is 31.2 Å². The minimum absolute atomic E-state index is 0.828.